The summed E-state index contributed by atoms with van der Waals surface area (Å²) in [5, 5.41) is 74.5. The van der Waals surface area contributed by atoms with Crippen LogP contribution in [0, 0.1) is 0 Å². The molecule has 8 N–H and O–H groups in total. The van der Waals surface area contributed by atoms with E-state index in [1.165, 1.54) is 0 Å². The zero-order valence-electron chi connectivity index (χ0n) is 12.1. The van der Waals surface area contributed by atoms with Crippen LogP contribution in [0.1, 0.15) is 0 Å². The molecule has 0 amide bonds. The number of carbonyl (C=O) groups is 1. The lowest BCUT2D eigenvalue weighted by atomic mass is 10.0. The maximum atomic E-state index is 11.7. The van der Waals surface area contributed by atoms with Crippen LogP contribution in [0.3, 0.4) is 0 Å². The molecule has 0 aliphatic carbocycles. The Morgan fingerprint density at radius 2 is 1.78 bits per heavy atom. The number of ketones is 1. The van der Waals surface area contributed by atoms with E-state index in [0.29, 0.717) is 0 Å². The van der Waals surface area contributed by atoms with Crippen molar-refractivity contribution >= 4 is 5.78 Å². The van der Waals surface area contributed by atoms with Gasteiger partial charge in [0.1, 0.15) is 49.8 Å². The molecule has 0 unspecified atom stereocenters. The zero-order valence-corrected chi connectivity index (χ0v) is 12.1. The Balaban J connectivity index is 2.69. The van der Waals surface area contributed by atoms with E-state index in [-0.39, 0.29) is 0 Å². The maximum absolute atomic E-state index is 11.7. The molecule has 0 bridgehead atoms. The van der Waals surface area contributed by atoms with Gasteiger partial charge >= 0.3 is 0 Å². The second kappa shape index (κ2) is 8.39. The van der Waals surface area contributed by atoms with Crippen LogP contribution in [0.2, 0.25) is 0 Å². The van der Waals surface area contributed by atoms with E-state index in [4.69, 9.17) is 24.8 Å². The average molecular weight is 342 g/mol. The molecule has 1 fully saturated rings. The number of carbonyl (C=O) groups excluding carboxylic acids is 1. The molecule has 0 spiro atoms. The summed E-state index contributed by atoms with van der Waals surface area (Å²) >= 11 is 0. The Kier molecular flexibility index (Phi) is 7.41. The van der Waals surface area contributed by atoms with Crippen molar-refractivity contribution in [3.8, 4) is 0 Å². The fraction of sp³-hybridized carbons (Fsp3) is 0.917. The lowest BCUT2D eigenvalue weighted by Gasteiger charge is -2.30. The van der Waals surface area contributed by atoms with Gasteiger partial charge in [-0.05, 0) is 0 Å². The number of hydrogen-bond donors (Lipinski definition) is 8. The highest BCUT2D eigenvalue weighted by molar-refractivity contribution is 5.84. The van der Waals surface area contributed by atoms with Crippen LogP contribution >= 0.6 is 0 Å². The number of ether oxygens (including phenoxy) is 2. The number of hydrogen-bond acceptors (Lipinski definition) is 11. The Labute approximate surface area is 130 Å². The first-order valence-corrected chi connectivity index (χ1v) is 6.81. The summed E-state index contributed by atoms with van der Waals surface area (Å²) in [5.41, 5.74) is 0. The molecule has 7 atom stereocenters. The van der Waals surface area contributed by atoms with Crippen molar-refractivity contribution in [2.24, 2.45) is 0 Å². The summed E-state index contributed by atoms with van der Waals surface area (Å²) in [5.74, 6) is -3.32. The Hall–Kier alpha value is -0.730. The number of rotatable bonds is 9. The van der Waals surface area contributed by atoms with Crippen LogP contribution in [-0.4, -0.2) is 115 Å². The number of aliphatic hydroxyl groups is 8. The molecule has 11 nitrogen and oxygen atoms in total. The minimum atomic E-state index is -2.19. The molecule has 0 aromatic rings. The molecule has 1 heterocycles. The van der Waals surface area contributed by atoms with Crippen molar-refractivity contribution in [2.75, 3.05) is 26.4 Å². The molecule has 11 heteroatoms. The van der Waals surface area contributed by atoms with Gasteiger partial charge in [-0.3, -0.25) is 4.79 Å². The van der Waals surface area contributed by atoms with Crippen molar-refractivity contribution in [3.63, 3.8) is 0 Å². The summed E-state index contributed by atoms with van der Waals surface area (Å²) in [6.07, 6.45) is -10.4. The van der Waals surface area contributed by atoms with E-state index in [1.807, 2.05) is 0 Å². The molecular weight excluding hydrogens is 320 g/mol. The van der Waals surface area contributed by atoms with Gasteiger partial charge in [-0.2, -0.15) is 0 Å². The second-order valence-corrected chi connectivity index (χ2v) is 5.18. The standard InChI is InChI=1S/C12H22O11/c13-1-5(16)8(18)9(19)6(17)3-22-12(4-15)11(21)10(20)7(2-14)23-12/h5,7-11,13-16,18-21H,1-4H2/t5-,7-,8-,9-,10-,11+,12+/m1/s1. The Bertz CT molecular complexity index is 391. The monoisotopic (exact) mass is 342 g/mol. The van der Waals surface area contributed by atoms with Crippen LogP contribution < -0.4 is 0 Å². The normalized spacial score (nSPS) is 35.0. The van der Waals surface area contributed by atoms with Gasteiger partial charge < -0.3 is 50.3 Å². The molecule has 136 valence electrons. The molecule has 1 saturated heterocycles. The molecule has 0 aromatic heterocycles. The van der Waals surface area contributed by atoms with Crippen molar-refractivity contribution in [1.29, 1.82) is 0 Å². The van der Waals surface area contributed by atoms with Crippen molar-refractivity contribution in [2.45, 2.75) is 42.4 Å². The quantitative estimate of drug-likeness (QED) is 0.199. The van der Waals surface area contributed by atoms with Gasteiger partial charge in [-0.1, -0.05) is 0 Å². The van der Waals surface area contributed by atoms with Crippen LogP contribution in [0.25, 0.3) is 0 Å². The molecule has 23 heavy (non-hydrogen) atoms. The number of Topliss-reactive ketones (excluding diaryl/α,β-unsaturated/α-hetero) is 1. The second-order valence-electron chi connectivity index (χ2n) is 5.18. The van der Waals surface area contributed by atoms with E-state index in [1.54, 1.807) is 0 Å². The van der Waals surface area contributed by atoms with E-state index in [0.717, 1.165) is 0 Å². The lowest BCUT2D eigenvalue weighted by Crippen LogP contribution is -2.51. The molecule has 1 aliphatic heterocycles. The molecular formula is C12H22O11. The molecule has 0 radical (unpaired) electrons. The predicted molar refractivity (Wildman–Crippen MR) is 69.9 cm³/mol. The van der Waals surface area contributed by atoms with Crippen molar-refractivity contribution in [3.05, 3.63) is 0 Å². The minimum Gasteiger partial charge on any atom is -0.394 e. The van der Waals surface area contributed by atoms with Gasteiger partial charge in [0.15, 0.2) is 5.78 Å². The zero-order chi connectivity index (χ0) is 17.8. The summed E-state index contributed by atoms with van der Waals surface area (Å²) < 4.78 is 9.97. The maximum Gasteiger partial charge on any atom is 0.222 e. The number of aliphatic hydroxyl groups excluding tert-OH is 8. The van der Waals surface area contributed by atoms with E-state index >= 15 is 0 Å². The topological polar surface area (TPSA) is 197 Å². The SMILES string of the molecule is O=C(CO[C@@]1(CO)O[C@H](CO)[C@@H](O)[C@@H]1O)[C@@H](O)[C@H](O)[C@H](O)CO. The van der Waals surface area contributed by atoms with Crippen LogP contribution in [-0.2, 0) is 14.3 Å². The van der Waals surface area contributed by atoms with Crippen LogP contribution in [0.15, 0.2) is 0 Å². The third-order valence-electron chi connectivity index (χ3n) is 3.60. The van der Waals surface area contributed by atoms with E-state index in [2.05, 4.69) is 0 Å². The molecule has 1 aliphatic rings. The van der Waals surface area contributed by atoms with E-state index in [9.17, 15) is 30.3 Å². The first kappa shape index (κ1) is 20.3. The van der Waals surface area contributed by atoms with Crippen LogP contribution in [0.5, 0.6) is 0 Å². The fourth-order valence-electron chi connectivity index (χ4n) is 2.09. The molecule has 0 aromatic carbocycles. The van der Waals surface area contributed by atoms with Crippen molar-refractivity contribution in [1.82, 2.24) is 0 Å². The third-order valence-corrected chi connectivity index (χ3v) is 3.60. The van der Waals surface area contributed by atoms with Gasteiger partial charge in [-0.15, -0.1) is 0 Å². The van der Waals surface area contributed by atoms with Gasteiger partial charge in [0.2, 0.25) is 5.79 Å². The van der Waals surface area contributed by atoms with Gasteiger partial charge in [0.05, 0.1) is 13.2 Å². The van der Waals surface area contributed by atoms with Crippen LogP contribution in [0.4, 0.5) is 0 Å². The minimum absolute atomic E-state index is 0.679. The van der Waals surface area contributed by atoms with Gasteiger partial charge in [-0.25, -0.2) is 0 Å². The van der Waals surface area contributed by atoms with Crippen molar-refractivity contribution < 1.29 is 55.1 Å². The van der Waals surface area contributed by atoms with E-state index < -0.39 is 74.6 Å². The lowest BCUT2D eigenvalue weighted by molar-refractivity contribution is -0.274. The molecule has 0 saturated carbocycles. The first-order chi connectivity index (χ1) is 10.7. The summed E-state index contributed by atoms with van der Waals surface area (Å²) in [4.78, 5) is 11.7. The van der Waals surface area contributed by atoms with Gasteiger partial charge in [0.25, 0.3) is 0 Å². The Morgan fingerprint density at radius 1 is 1.17 bits per heavy atom. The fourth-order valence-corrected chi connectivity index (χ4v) is 2.09. The summed E-state index contributed by atoms with van der Waals surface area (Å²) in [6, 6.07) is 0. The highest BCUT2D eigenvalue weighted by atomic mass is 16.7. The highest BCUT2D eigenvalue weighted by Crippen LogP contribution is 2.32. The summed E-state index contributed by atoms with van der Waals surface area (Å²) in [6.45, 7) is -3.48. The predicted octanol–water partition coefficient (Wildman–Crippen LogP) is -5.55. The smallest absolute Gasteiger partial charge is 0.222 e. The average Bonchev–Trinajstić information content (AvgIpc) is 2.82. The summed E-state index contributed by atoms with van der Waals surface area (Å²) in [7, 11) is 0. The first-order valence-electron chi connectivity index (χ1n) is 6.81. The highest BCUT2D eigenvalue weighted by Gasteiger charge is 2.55. The van der Waals surface area contributed by atoms with Gasteiger partial charge in [0, 0.05) is 0 Å². The largest absolute Gasteiger partial charge is 0.394 e. The third kappa shape index (κ3) is 4.22. The molecule has 1 rings (SSSR count). The Morgan fingerprint density at radius 3 is 2.22 bits per heavy atom.